The summed E-state index contributed by atoms with van der Waals surface area (Å²) in [5.74, 6) is -0.254. The molecule has 1 heterocycles. The maximum atomic E-state index is 13.9. The molecule has 0 radical (unpaired) electrons. The van der Waals surface area contributed by atoms with Crippen molar-refractivity contribution in [3.8, 4) is 5.75 Å². The molecule has 0 aromatic heterocycles. The van der Waals surface area contributed by atoms with Crippen molar-refractivity contribution >= 4 is 40.6 Å². The maximum Gasteiger partial charge on any atom is 0.293 e. The Hall–Kier alpha value is -3.09. The number of amides is 2. The van der Waals surface area contributed by atoms with E-state index in [0.717, 1.165) is 27.8 Å². The second-order valence-corrected chi connectivity index (χ2v) is 8.28. The minimum absolute atomic E-state index is 0.0983. The molecule has 0 saturated carbocycles. The van der Waals surface area contributed by atoms with Crippen molar-refractivity contribution in [1.82, 2.24) is 4.90 Å². The number of rotatable bonds is 6. The van der Waals surface area contributed by atoms with Crippen molar-refractivity contribution in [2.24, 2.45) is 0 Å². The van der Waals surface area contributed by atoms with Crippen LogP contribution in [0.4, 0.5) is 9.18 Å². The molecule has 0 bridgehead atoms. The van der Waals surface area contributed by atoms with Crippen LogP contribution in [-0.2, 0) is 17.9 Å². The van der Waals surface area contributed by atoms with Crippen molar-refractivity contribution in [3.63, 3.8) is 0 Å². The number of hydrogen-bond acceptors (Lipinski definition) is 4. The zero-order valence-corrected chi connectivity index (χ0v) is 17.8. The Labute approximate surface area is 188 Å². The fraction of sp³-hybridized carbons (Fsp3) is 0.0833. The van der Waals surface area contributed by atoms with E-state index < -0.39 is 17.0 Å². The molecule has 1 saturated heterocycles. The minimum atomic E-state index is -0.448. The number of benzene rings is 3. The number of halogens is 2. The normalized spacial score (nSPS) is 15.0. The monoisotopic (exact) mass is 453 g/mol. The summed E-state index contributed by atoms with van der Waals surface area (Å²) >= 11 is 6.74. The van der Waals surface area contributed by atoms with Crippen LogP contribution in [0.3, 0.4) is 0 Å². The zero-order chi connectivity index (χ0) is 21.8. The predicted molar refractivity (Wildman–Crippen MR) is 120 cm³/mol. The van der Waals surface area contributed by atoms with Crippen LogP contribution < -0.4 is 4.74 Å². The molecular weight excluding hydrogens is 437 g/mol. The maximum absolute atomic E-state index is 13.9. The fourth-order valence-corrected chi connectivity index (χ4v) is 3.99. The smallest absolute Gasteiger partial charge is 0.293 e. The van der Waals surface area contributed by atoms with Gasteiger partial charge in [0.2, 0.25) is 0 Å². The summed E-state index contributed by atoms with van der Waals surface area (Å²) in [6.45, 7) is 0.276. The van der Waals surface area contributed by atoms with E-state index in [0.29, 0.717) is 22.9 Å². The molecule has 0 unspecified atom stereocenters. The van der Waals surface area contributed by atoms with Crippen LogP contribution in [-0.4, -0.2) is 16.0 Å². The van der Waals surface area contributed by atoms with Crippen LogP contribution in [0.5, 0.6) is 5.75 Å². The van der Waals surface area contributed by atoms with Gasteiger partial charge in [0.05, 0.1) is 11.4 Å². The van der Waals surface area contributed by atoms with E-state index in [9.17, 15) is 14.0 Å². The van der Waals surface area contributed by atoms with Crippen molar-refractivity contribution in [2.45, 2.75) is 13.2 Å². The van der Waals surface area contributed by atoms with Gasteiger partial charge in [0.25, 0.3) is 11.1 Å². The van der Waals surface area contributed by atoms with Gasteiger partial charge in [-0.3, -0.25) is 14.5 Å². The topological polar surface area (TPSA) is 46.6 Å². The molecule has 0 N–H and O–H groups in total. The summed E-state index contributed by atoms with van der Waals surface area (Å²) in [5, 5.41) is 0.240. The summed E-state index contributed by atoms with van der Waals surface area (Å²) in [7, 11) is 0. The lowest BCUT2D eigenvalue weighted by molar-refractivity contribution is -0.123. The van der Waals surface area contributed by atoms with Gasteiger partial charge in [-0.2, -0.15) is 0 Å². The number of thioether (sulfide) groups is 1. The molecule has 3 aromatic rings. The second-order valence-electron chi connectivity index (χ2n) is 6.85. The summed E-state index contributed by atoms with van der Waals surface area (Å²) in [6.07, 6.45) is 1.64. The highest BCUT2D eigenvalue weighted by atomic mass is 35.5. The van der Waals surface area contributed by atoms with E-state index in [1.165, 1.54) is 6.07 Å². The van der Waals surface area contributed by atoms with Crippen molar-refractivity contribution in [1.29, 1.82) is 0 Å². The number of hydrogen-bond donors (Lipinski definition) is 0. The van der Waals surface area contributed by atoms with E-state index in [4.69, 9.17) is 16.3 Å². The summed E-state index contributed by atoms with van der Waals surface area (Å²) in [4.78, 5) is 26.4. The molecule has 31 heavy (non-hydrogen) atoms. The Morgan fingerprint density at radius 2 is 1.77 bits per heavy atom. The lowest BCUT2D eigenvalue weighted by atomic mass is 10.2. The zero-order valence-electron chi connectivity index (χ0n) is 16.3. The number of imide groups is 1. The first-order valence-electron chi connectivity index (χ1n) is 9.46. The third kappa shape index (κ3) is 5.16. The third-order valence-corrected chi connectivity index (χ3v) is 5.79. The van der Waals surface area contributed by atoms with Gasteiger partial charge in [0.15, 0.2) is 0 Å². The van der Waals surface area contributed by atoms with Crippen LogP contribution in [0.15, 0.2) is 77.7 Å². The number of nitrogens with zero attached hydrogens (tertiary/aromatic N) is 1. The first kappa shape index (κ1) is 21.2. The number of carbonyl (C=O) groups is 2. The Morgan fingerprint density at radius 3 is 2.55 bits per heavy atom. The summed E-state index contributed by atoms with van der Waals surface area (Å²) in [5.41, 5.74) is 2.00. The molecule has 2 amide bonds. The average molecular weight is 454 g/mol. The van der Waals surface area contributed by atoms with Crippen LogP contribution in [0.25, 0.3) is 6.08 Å². The fourth-order valence-electron chi connectivity index (χ4n) is 3.03. The highest BCUT2D eigenvalue weighted by Gasteiger charge is 2.35. The lowest BCUT2D eigenvalue weighted by Crippen LogP contribution is -2.27. The molecule has 1 fully saturated rings. The molecule has 3 aromatic carbocycles. The minimum Gasteiger partial charge on any atom is -0.489 e. The number of ether oxygens (including phenoxy) is 1. The van der Waals surface area contributed by atoms with E-state index in [2.05, 4.69) is 0 Å². The molecule has 0 atom stereocenters. The predicted octanol–water partition coefficient (Wildman–Crippen LogP) is 6.29. The molecule has 4 nitrogen and oxygen atoms in total. The summed E-state index contributed by atoms with van der Waals surface area (Å²) < 4.78 is 19.7. The van der Waals surface area contributed by atoms with E-state index in [-0.39, 0.29) is 11.4 Å². The second kappa shape index (κ2) is 9.37. The molecule has 156 valence electrons. The van der Waals surface area contributed by atoms with Gasteiger partial charge < -0.3 is 4.74 Å². The Morgan fingerprint density at radius 1 is 1.00 bits per heavy atom. The molecule has 0 spiro atoms. The molecule has 1 aliphatic rings. The van der Waals surface area contributed by atoms with Crippen molar-refractivity contribution < 1.29 is 18.7 Å². The third-order valence-electron chi connectivity index (χ3n) is 4.63. The van der Waals surface area contributed by atoms with E-state index >= 15 is 0 Å². The van der Waals surface area contributed by atoms with Crippen LogP contribution in [0.2, 0.25) is 5.02 Å². The first-order valence-corrected chi connectivity index (χ1v) is 10.6. The van der Waals surface area contributed by atoms with Crippen molar-refractivity contribution in [3.05, 3.63) is 105 Å². The quantitative estimate of drug-likeness (QED) is 0.411. The van der Waals surface area contributed by atoms with Crippen LogP contribution >= 0.6 is 23.4 Å². The largest absolute Gasteiger partial charge is 0.489 e. The Kier molecular flexibility index (Phi) is 6.39. The van der Waals surface area contributed by atoms with Crippen LogP contribution in [0, 0.1) is 5.82 Å². The lowest BCUT2D eigenvalue weighted by Gasteiger charge is -2.12. The Balaban J connectivity index is 1.46. The first-order chi connectivity index (χ1) is 15.0. The Bertz CT molecular complexity index is 1160. The molecule has 1 aliphatic heterocycles. The molecule has 0 aliphatic carbocycles. The van der Waals surface area contributed by atoms with Crippen molar-refractivity contribution in [2.75, 3.05) is 0 Å². The summed E-state index contributed by atoms with van der Waals surface area (Å²) in [6, 6.07) is 20.7. The van der Waals surface area contributed by atoms with Gasteiger partial charge in [-0.1, -0.05) is 54.1 Å². The van der Waals surface area contributed by atoms with Gasteiger partial charge in [-0.25, -0.2) is 4.39 Å². The standard InChI is InChI=1S/C24H17ClFNO3S/c25-19-10-8-16(9-11-19)15-30-20-6-3-4-17(12-20)13-22-23(28)27(24(29)31-22)14-18-5-1-2-7-21(18)26/h1-13H,14-15H2/b22-13+. The highest BCUT2D eigenvalue weighted by Crippen LogP contribution is 2.34. The highest BCUT2D eigenvalue weighted by molar-refractivity contribution is 8.18. The van der Waals surface area contributed by atoms with Gasteiger partial charge in [0.1, 0.15) is 18.2 Å². The molecule has 7 heteroatoms. The van der Waals surface area contributed by atoms with Gasteiger partial charge in [0, 0.05) is 10.6 Å². The molecular formula is C24H17ClFNO3S. The van der Waals surface area contributed by atoms with E-state index in [1.807, 2.05) is 30.3 Å². The van der Waals surface area contributed by atoms with Gasteiger partial charge in [-0.05, 0) is 59.3 Å². The number of carbonyl (C=O) groups excluding carboxylic acids is 2. The molecule has 4 rings (SSSR count). The SMILES string of the molecule is O=C1S/C(=C/c2cccc(OCc3ccc(Cl)cc3)c2)C(=O)N1Cc1ccccc1F. The van der Waals surface area contributed by atoms with Gasteiger partial charge >= 0.3 is 0 Å². The van der Waals surface area contributed by atoms with Crippen LogP contribution in [0.1, 0.15) is 16.7 Å². The average Bonchev–Trinajstić information content (AvgIpc) is 3.02. The van der Waals surface area contributed by atoms with Gasteiger partial charge in [-0.15, -0.1) is 0 Å². The van der Waals surface area contributed by atoms with E-state index in [1.54, 1.807) is 42.5 Å².